The van der Waals surface area contributed by atoms with Gasteiger partial charge in [-0.15, -0.1) is 6.42 Å². The van der Waals surface area contributed by atoms with Gasteiger partial charge in [0.15, 0.2) is 23.9 Å². The van der Waals surface area contributed by atoms with Gasteiger partial charge in [0.1, 0.15) is 5.75 Å². The first kappa shape index (κ1) is 34.2. The molecule has 10 atom stereocenters. The highest BCUT2D eigenvalue weighted by Gasteiger charge is 2.63. The summed E-state index contributed by atoms with van der Waals surface area (Å²) in [5.74, 6) is 0.676. The van der Waals surface area contributed by atoms with E-state index in [-0.39, 0.29) is 17.3 Å². The lowest BCUT2D eigenvalue weighted by molar-refractivity contribution is -0.282. The Bertz CT molecular complexity index is 1480. The molecule has 254 valence electrons. The van der Waals surface area contributed by atoms with Gasteiger partial charge in [-0.05, 0) is 79.5 Å². The van der Waals surface area contributed by atoms with Gasteiger partial charge in [-0.2, -0.15) is 0 Å². The average Bonchev–Trinajstić information content (AvgIpc) is 3.30. The van der Waals surface area contributed by atoms with E-state index >= 15 is 0 Å². The van der Waals surface area contributed by atoms with Crippen molar-refractivity contribution < 1.29 is 57.1 Å². The number of aryl methyl sites for hydroxylation is 1. The van der Waals surface area contributed by atoms with Gasteiger partial charge in [-0.1, -0.05) is 18.9 Å². The van der Waals surface area contributed by atoms with Crippen molar-refractivity contribution in [1.29, 1.82) is 0 Å². The van der Waals surface area contributed by atoms with Crippen molar-refractivity contribution in [3.8, 4) is 18.1 Å². The number of hydrogen-bond donors (Lipinski definition) is 0. The molecule has 1 aliphatic heterocycles. The van der Waals surface area contributed by atoms with Gasteiger partial charge in [0.25, 0.3) is 0 Å². The Hall–Kier alpha value is -4.11. The van der Waals surface area contributed by atoms with Crippen LogP contribution in [0.15, 0.2) is 18.2 Å². The summed E-state index contributed by atoms with van der Waals surface area (Å²) in [6.45, 7) is 6.99. The van der Waals surface area contributed by atoms with E-state index in [4.69, 9.17) is 39.6 Å². The molecule has 1 aromatic carbocycles. The van der Waals surface area contributed by atoms with Crippen LogP contribution >= 0.6 is 0 Å². The van der Waals surface area contributed by atoms with Crippen molar-refractivity contribution in [1.82, 2.24) is 0 Å². The van der Waals surface area contributed by atoms with E-state index in [0.29, 0.717) is 24.0 Å². The van der Waals surface area contributed by atoms with Gasteiger partial charge in [0, 0.05) is 33.1 Å². The number of rotatable bonds is 7. The van der Waals surface area contributed by atoms with E-state index in [0.717, 1.165) is 65.5 Å². The number of benzene rings is 1. The predicted octanol–water partition coefficient (Wildman–Crippen LogP) is 3.55. The van der Waals surface area contributed by atoms with Gasteiger partial charge >= 0.3 is 29.8 Å². The fraction of sp³-hybridized carbons (Fsp3) is 0.629. The molecule has 4 aliphatic rings. The highest BCUT2D eigenvalue weighted by atomic mass is 16.7. The summed E-state index contributed by atoms with van der Waals surface area (Å²) in [5.41, 5.74) is 1.10. The number of carbonyl (C=O) groups is 5. The van der Waals surface area contributed by atoms with Gasteiger partial charge in [0.05, 0.1) is 7.11 Å². The van der Waals surface area contributed by atoms with Crippen LogP contribution in [0.4, 0.5) is 0 Å². The van der Waals surface area contributed by atoms with E-state index in [1.807, 2.05) is 12.1 Å². The lowest BCUT2D eigenvalue weighted by atomic mass is 9.53. The van der Waals surface area contributed by atoms with Crippen molar-refractivity contribution in [3.05, 3.63) is 29.3 Å². The van der Waals surface area contributed by atoms with Crippen LogP contribution in [0, 0.1) is 29.6 Å². The third-order valence-electron chi connectivity index (χ3n) is 10.5. The lowest BCUT2D eigenvalue weighted by Crippen LogP contribution is -2.64. The molecule has 0 bridgehead atoms. The topological polar surface area (TPSA) is 150 Å². The summed E-state index contributed by atoms with van der Waals surface area (Å²) in [4.78, 5) is 61.1. The Kier molecular flexibility index (Phi) is 9.60. The van der Waals surface area contributed by atoms with Crippen LogP contribution in [0.2, 0.25) is 0 Å². The molecule has 5 rings (SSSR count). The molecule has 0 unspecified atom stereocenters. The SMILES string of the molecule is C#C[C@]1(OC(C)=O)CC[C@@H]2[C@@H]3CCc4cc(O[C@@H]5O[C@H](C(=O)OC)[C@@H](OC(C)=O)[C@H](OC(C)=O)[C@H]5OC(C)=O)ccc4[C@H]3CC[C@@]21C. The van der Waals surface area contributed by atoms with Crippen LogP contribution in [-0.4, -0.2) is 73.3 Å². The molecule has 1 heterocycles. The summed E-state index contributed by atoms with van der Waals surface area (Å²) >= 11 is 0. The fourth-order valence-electron chi connectivity index (χ4n) is 8.62. The summed E-state index contributed by atoms with van der Waals surface area (Å²) in [6.07, 6.45) is 3.68. The highest BCUT2D eigenvalue weighted by Crippen LogP contribution is 2.65. The predicted molar refractivity (Wildman–Crippen MR) is 162 cm³/mol. The molecule has 2 saturated carbocycles. The summed E-state index contributed by atoms with van der Waals surface area (Å²) in [7, 11) is 1.13. The minimum atomic E-state index is -1.55. The van der Waals surface area contributed by atoms with E-state index in [1.54, 1.807) is 6.07 Å². The zero-order valence-corrected chi connectivity index (χ0v) is 27.6. The molecule has 0 amide bonds. The number of esters is 5. The zero-order valence-electron chi connectivity index (χ0n) is 27.6. The Morgan fingerprint density at radius 2 is 1.53 bits per heavy atom. The fourth-order valence-corrected chi connectivity index (χ4v) is 8.62. The molecular weight excluding hydrogens is 612 g/mol. The number of ether oxygens (including phenoxy) is 7. The third kappa shape index (κ3) is 6.30. The molecule has 47 heavy (non-hydrogen) atoms. The van der Waals surface area contributed by atoms with Gasteiger partial charge < -0.3 is 33.2 Å². The van der Waals surface area contributed by atoms with Crippen LogP contribution in [0.25, 0.3) is 0 Å². The number of carbonyl (C=O) groups excluding carboxylic acids is 5. The normalized spacial score (nSPS) is 35.4. The van der Waals surface area contributed by atoms with E-state index in [9.17, 15) is 24.0 Å². The molecule has 3 fully saturated rings. The second-order valence-corrected chi connectivity index (χ2v) is 13.1. The van der Waals surface area contributed by atoms with Crippen LogP contribution < -0.4 is 4.74 Å². The molecule has 1 saturated heterocycles. The lowest BCUT2D eigenvalue weighted by Gasteiger charge is -2.52. The van der Waals surface area contributed by atoms with Crippen molar-refractivity contribution in [2.45, 2.75) is 115 Å². The Morgan fingerprint density at radius 3 is 2.15 bits per heavy atom. The monoisotopic (exact) mass is 654 g/mol. The Balaban J connectivity index is 1.42. The Morgan fingerprint density at radius 1 is 0.872 bits per heavy atom. The van der Waals surface area contributed by atoms with Crippen molar-refractivity contribution in [2.75, 3.05) is 7.11 Å². The van der Waals surface area contributed by atoms with E-state index in [1.165, 1.54) is 12.5 Å². The third-order valence-corrected chi connectivity index (χ3v) is 10.5. The highest BCUT2D eigenvalue weighted by molar-refractivity contribution is 5.77. The minimum absolute atomic E-state index is 0.290. The maximum atomic E-state index is 12.8. The quantitative estimate of drug-likeness (QED) is 0.240. The van der Waals surface area contributed by atoms with Crippen LogP contribution in [0.1, 0.15) is 83.8 Å². The molecule has 1 aromatic rings. The maximum absolute atomic E-state index is 12.8. The van der Waals surface area contributed by atoms with Crippen molar-refractivity contribution in [2.24, 2.45) is 17.3 Å². The van der Waals surface area contributed by atoms with E-state index < -0.39 is 60.2 Å². The van der Waals surface area contributed by atoms with E-state index in [2.05, 4.69) is 12.8 Å². The number of methoxy groups -OCH3 is 1. The van der Waals surface area contributed by atoms with Gasteiger partial charge in [-0.25, -0.2) is 4.79 Å². The summed E-state index contributed by atoms with van der Waals surface area (Å²) in [5, 5.41) is 0. The first-order valence-corrected chi connectivity index (χ1v) is 16.0. The second kappa shape index (κ2) is 13.2. The average molecular weight is 655 g/mol. The Labute approximate surface area is 274 Å². The van der Waals surface area contributed by atoms with Crippen LogP contribution in [-0.2, 0) is 58.8 Å². The first-order valence-electron chi connectivity index (χ1n) is 16.0. The van der Waals surface area contributed by atoms with Crippen LogP contribution in [0.3, 0.4) is 0 Å². The molecule has 12 heteroatoms. The minimum Gasteiger partial charge on any atom is -0.467 e. The number of fused-ring (bicyclic) bond motifs is 5. The first-order chi connectivity index (χ1) is 22.2. The summed E-state index contributed by atoms with van der Waals surface area (Å²) in [6, 6.07) is 5.71. The molecule has 0 N–H and O–H groups in total. The summed E-state index contributed by atoms with van der Waals surface area (Å²) < 4.78 is 39.1. The number of hydrogen-bond acceptors (Lipinski definition) is 12. The second-order valence-electron chi connectivity index (χ2n) is 13.1. The molecule has 0 aromatic heterocycles. The molecule has 12 nitrogen and oxygen atoms in total. The molecule has 0 radical (unpaired) electrons. The van der Waals surface area contributed by atoms with Crippen molar-refractivity contribution in [3.63, 3.8) is 0 Å². The standard InChI is InChI=1S/C35H42O12/c1-8-35(47-21(5)39)16-14-27-26-11-9-22-17-23(10-12-24(22)25(26)13-15-34(27,35)6)45-33-31(44-20(4)38)29(43-19(3)37)28(42-18(2)36)30(46-33)32(40)41-7/h1,10,12,17,25-31,33H,9,11,13-16H2,2-7H3/t25-,26-,27-,28+,29+,30+,31-,33-,34+,35+/m1/s1. The smallest absolute Gasteiger partial charge is 0.339 e. The number of terminal acetylenes is 1. The molecule has 0 spiro atoms. The molecule has 3 aliphatic carbocycles. The molecular formula is C35H42O12. The zero-order chi connectivity index (χ0) is 34.3. The largest absolute Gasteiger partial charge is 0.467 e. The maximum Gasteiger partial charge on any atom is 0.339 e. The van der Waals surface area contributed by atoms with Gasteiger partial charge in [-0.3, -0.25) is 19.2 Å². The van der Waals surface area contributed by atoms with Crippen LogP contribution in [0.5, 0.6) is 5.75 Å². The van der Waals surface area contributed by atoms with Crippen molar-refractivity contribution >= 4 is 29.8 Å². The van der Waals surface area contributed by atoms with Gasteiger partial charge in [0.2, 0.25) is 12.4 Å².